The second kappa shape index (κ2) is 9.76. The van der Waals surface area contributed by atoms with Crippen molar-refractivity contribution in [3.63, 3.8) is 0 Å². The Bertz CT molecular complexity index is 1330. The van der Waals surface area contributed by atoms with Gasteiger partial charge in [0.25, 0.3) is 5.91 Å². The molecule has 3 heterocycles. The molecule has 1 aliphatic heterocycles. The molecule has 1 amide bonds. The van der Waals surface area contributed by atoms with Gasteiger partial charge in [-0.25, -0.2) is 9.37 Å². The van der Waals surface area contributed by atoms with Crippen LogP contribution in [0.5, 0.6) is 5.88 Å². The van der Waals surface area contributed by atoms with Gasteiger partial charge in [-0.15, -0.1) is 0 Å². The molecule has 0 saturated heterocycles. The van der Waals surface area contributed by atoms with Gasteiger partial charge >= 0.3 is 6.18 Å². The van der Waals surface area contributed by atoms with E-state index < -0.39 is 46.4 Å². The number of pyridine rings is 1. The van der Waals surface area contributed by atoms with Crippen LogP contribution in [0.15, 0.2) is 24.4 Å². The molecule has 0 bridgehead atoms. The number of amides is 1. The summed E-state index contributed by atoms with van der Waals surface area (Å²) in [5.41, 5.74) is 2.92. The average Bonchev–Trinajstić information content (AvgIpc) is 3.27. The molecule has 0 fully saturated rings. The Hall–Kier alpha value is -3.67. The number of aromatic nitrogens is 3. The number of carbonyl (C=O) groups excluding carboxylic acids is 1. The number of aromatic amines is 1. The van der Waals surface area contributed by atoms with Crippen molar-refractivity contribution in [3.8, 4) is 17.1 Å². The van der Waals surface area contributed by atoms with E-state index >= 15 is 0 Å². The number of H-pyrrole nitrogens is 1. The molecule has 1 aliphatic rings. The molecule has 0 saturated carbocycles. The number of hydrogen-bond acceptors (Lipinski definition) is 6. The summed E-state index contributed by atoms with van der Waals surface area (Å²) in [7, 11) is 0. The maximum atomic E-state index is 14.4. The molecule has 0 aliphatic carbocycles. The largest absolute Gasteiger partial charge is 0.474 e. The van der Waals surface area contributed by atoms with Crippen molar-refractivity contribution in [3.05, 3.63) is 46.9 Å². The number of allylic oxidation sites excluding steroid dienone is 1. The third-order valence-corrected chi connectivity index (χ3v) is 6.04. The Labute approximate surface area is 204 Å². The quantitative estimate of drug-likeness (QED) is 0.236. The monoisotopic (exact) mass is 506 g/mol. The maximum Gasteiger partial charge on any atom is 0.417 e. The van der Waals surface area contributed by atoms with E-state index in [-0.39, 0.29) is 40.6 Å². The molecule has 2 atom stereocenters. The molecule has 8 nitrogen and oxygen atoms in total. The van der Waals surface area contributed by atoms with Gasteiger partial charge in [-0.05, 0) is 45.4 Å². The highest BCUT2D eigenvalue weighted by molar-refractivity contribution is 6.10. The fourth-order valence-electron chi connectivity index (χ4n) is 4.31. The van der Waals surface area contributed by atoms with Crippen molar-refractivity contribution in [1.29, 1.82) is 0 Å². The summed E-state index contributed by atoms with van der Waals surface area (Å²) in [6, 6.07) is 0.767. The summed E-state index contributed by atoms with van der Waals surface area (Å²) in [6.07, 6.45) is 0.248. The van der Waals surface area contributed by atoms with Gasteiger partial charge in [0.2, 0.25) is 5.88 Å². The van der Waals surface area contributed by atoms with Crippen LogP contribution in [-0.2, 0) is 6.18 Å². The Morgan fingerprint density at radius 1 is 1.31 bits per heavy atom. The normalized spacial score (nSPS) is 19.6. The highest BCUT2D eigenvalue weighted by Gasteiger charge is 2.39. The minimum absolute atomic E-state index is 0.0135. The molecule has 0 radical (unpaired) electrons. The van der Waals surface area contributed by atoms with E-state index in [1.807, 2.05) is 19.1 Å². The Morgan fingerprint density at radius 3 is 2.75 bits per heavy atom. The van der Waals surface area contributed by atoms with Crippen LogP contribution in [0, 0.1) is 12.7 Å². The zero-order valence-corrected chi connectivity index (χ0v) is 19.9. The number of nitrogen functional groups attached to an aromatic ring is 1. The summed E-state index contributed by atoms with van der Waals surface area (Å²) >= 11 is 0. The predicted molar refractivity (Wildman–Crippen MR) is 127 cm³/mol. The van der Waals surface area contributed by atoms with Crippen molar-refractivity contribution in [2.75, 3.05) is 18.8 Å². The van der Waals surface area contributed by atoms with Gasteiger partial charge in [0, 0.05) is 23.5 Å². The van der Waals surface area contributed by atoms with Crippen LogP contribution < -0.4 is 21.1 Å². The number of nitrogens with zero attached hydrogens (tertiary/aromatic N) is 2. The standard InChI is InChI=1S/C24H26F4N6O2/c1-4-5-13-9-31-22(35)17-21-15(10-32-34-21)20(33-23(17)36-11(2)6-7-30-13)14-8-16(29)19(25)12(3)18(14)24(26,27)28/h4-5,8,10-11,13,30H,6-7,9,29H2,1-3H3,(H,31,35)(H,32,34)/b5-4+/t11-,13?/m0/s1. The number of ether oxygens (including phenoxy) is 1. The third-order valence-electron chi connectivity index (χ3n) is 6.04. The molecular formula is C24H26F4N6O2. The first kappa shape index (κ1) is 25.4. The molecule has 0 spiro atoms. The smallest absolute Gasteiger partial charge is 0.417 e. The maximum absolute atomic E-state index is 14.4. The average molecular weight is 507 g/mol. The zero-order chi connectivity index (χ0) is 26.2. The minimum atomic E-state index is -4.90. The van der Waals surface area contributed by atoms with Crippen LogP contribution in [0.2, 0.25) is 0 Å². The topological polar surface area (TPSA) is 118 Å². The van der Waals surface area contributed by atoms with Crippen LogP contribution in [-0.4, -0.2) is 46.3 Å². The van der Waals surface area contributed by atoms with Gasteiger partial charge in [-0.3, -0.25) is 9.89 Å². The summed E-state index contributed by atoms with van der Waals surface area (Å²) in [5.74, 6) is -1.85. The number of nitrogens with one attached hydrogen (secondary N) is 3. The lowest BCUT2D eigenvalue weighted by molar-refractivity contribution is -0.137. The predicted octanol–water partition coefficient (Wildman–Crippen LogP) is 4.11. The summed E-state index contributed by atoms with van der Waals surface area (Å²) in [4.78, 5) is 17.6. The third kappa shape index (κ3) is 4.72. The molecular weight excluding hydrogens is 480 g/mol. The van der Waals surface area contributed by atoms with E-state index in [0.717, 1.165) is 13.0 Å². The van der Waals surface area contributed by atoms with Gasteiger partial charge in [0.05, 0.1) is 34.8 Å². The Morgan fingerprint density at radius 2 is 2.06 bits per heavy atom. The number of hydrogen-bond donors (Lipinski definition) is 4. The highest BCUT2D eigenvalue weighted by Crippen LogP contribution is 2.44. The molecule has 1 aromatic carbocycles. The lowest BCUT2D eigenvalue weighted by atomic mass is 9.95. The van der Waals surface area contributed by atoms with Crippen LogP contribution in [0.25, 0.3) is 22.2 Å². The van der Waals surface area contributed by atoms with Gasteiger partial charge in [-0.2, -0.15) is 18.3 Å². The van der Waals surface area contributed by atoms with E-state index in [2.05, 4.69) is 25.8 Å². The summed E-state index contributed by atoms with van der Waals surface area (Å²) in [5, 5.41) is 12.9. The number of halogens is 4. The highest BCUT2D eigenvalue weighted by atomic mass is 19.4. The second-order valence-electron chi connectivity index (χ2n) is 8.64. The number of alkyl halides is 3. The van der Waals surface area contributed by atoms with E-state index in [1.54, 1.807) is 6.92 Å². The van der Waals surface area contributed by atoms with Crippen LogP contribution in [0.4, 0.5) is 23.2 Å². The molecule has 5 N–H and O–H groups in total. The van der Waals surface area contributed by atoms with Crippen LogP contribution >= 0.6 is 0 Å². The molecule has 3 aromatic rings. The van der Waals surface area contributed by atoms with E-state index in [1.165, 1.54) is 6.20 Å². The Balaban J connectivity index is 1.97. The molecule has 36 heavy (non-hydrogen) atoms. The van der Waals surface area contributed by atoms with Crippen molar-refractivity contribution < 1.29 is 27.1 Å². The molecule has 2 aromatic heterocycles. The first-order valence-corrected chi connectivity index (χ1v) is 11.4. The number of benzene rings is 1. The molecule has 4 rings (SSSR count). The van der Waals surface area contributed by atoms with Crippen molar-refractivity contribution in [1.82, 2.24) is 25.8 Å². The molecule has 192 valence electrons. The van der Waals surface area contributed by atoms with Crippen molar-refractivity contribution in [2.45, 2.75) is 45.5 Å². The van der Waals surface area contributed by atoms with Crippen LogP contribution in [0.3, 0.4) is 0 Å². The fraction of sp³-hybridized carbons (Fsp3) is 0.375. The number of nitrogens with two attached hydrogens (primary N) is 1. The SMILES string of the molecule is C/C=C/C1CNC(=O)c2c(nc(-c3cc(N)c(F)c(C)c3C(F)(F)F)c3cn[nH]c23)O[C@@H](C)CCN1. The van der Waals surface area contributed by atoms with E-state index in [0.29, 0.717) is 13.0 Å². The minimum Gasteiger partial charge on any atom is -0.474 e. The van der Waals surface area contributed by atoms with Crippen molar-refractivity contribution >= 4 is 22.5 Å². The zero-order valence-electron chi connectivity index (χ0n) is 19.9. The van der Waals surface area contributed by atoms with Crippen LogP contribution in [0.1, 0.15) is 41.8 Å². The van der Waals surface area contributed by atoms with Gasteiger partial charge in [-0.1, -0.05) is 12.2 Å². The lowest BCUT2D eigenvalue weighted by Gasteiger charge is -2.20. The fourth-order valence-corrected chi connectivity index (χ4v) is 4.31. The van der Waals surface area contributed by atoms with Crippen molar-refractivity contribution in [2.24, 2.45) is 0 Å². The van der Waals surface area contributed by atoms with Gasteiger partial charge in [0.1, 0.15) is 11.4 Å². The number of carbonyl (C=O) groups is 1. The van der Waals surface area contributed by atoms with E-state index in [9.17, 15) is 22.4 Å². The number of anilines is 1. The number of fused-ring (bicyclic) bond motifs is 3. The lowest BCUT2D eigenvalue weighted by Crippen LogP contribution is -2.40. The first-order valence-electron chi connectivity index (χ1n) is 11.4. The van der Waals surface area contributed by atoms with Gasteiger partial charge < -0.3 is 21.1 Å². The second-order valence-corrected chi connectivity index (χ2v) is 8.64. The number of rotatable bonds is 2. The first-order chi connectivity index (χ1) is 17.0. The molecule has 1 unspecified atom stereocenters. The van der Waals surface area contributed by atoms with E-state index in [4.69, 9.17) is 10.5 Å². The summed E-state index contributed by atoms with van der Waals surface area (Å²) in [6.45, 7) is 5.47. The Kier molecular flexibility index (Phi) is 6.90. The molecule has 12 heteroatoms. The van der Waals surface area contributed by atoms with Gasteiger partial charge in [0.15, 0.2) is 0 Å². The summed E-state index contributed by atoms with van der Waals surface area (Å²) < 4.78 is 62.7.